The number of carbonyl (C=O) groups excluding carboxylic acids is 1. The van der Waals surface area contributed by atoms with E-state index in [0.717, 1.165) is 22.3 Å². The van der Waals surface area contributed by atoms with Crippen LogP contribution in [0.2, 0.25) is 0 Å². The number of ether oxygens (including phenoxy) is 4. The molecule has 0 unspecified atom stereocenters. The van der Waals surface area contributed by atoms with Crippen LogP contribution in [0.4, 0.5) is 0 Å². The molecule has 0 aromatic heterocycles. The first kappa shape index (κ1) is 25.4. The van der Waals surface area contributed by atoms with Crippen molar-refractivity contribution >= 4 is 5.97 Å². The average Bonchev–Trinajstić information content (AvgIpc) is 3.39. The largest absolute Gasteiger partial charge is 0.466 e. The number of hydrogen-bond donors (Lipinski definition) is 0. The molecule has 5 rings (SSSR count). The summed E-state index contributed by atoms with van der Waals surface area (Å²) in [6.45, 7) is 6.31. The van der Waals surface area contributed by atoms with Gasteiger partial charge in [0.1, 0.15) is 11.7 Å². The van der Waals surface area contributed by atoms with E-state index in [1.807, 2.05) is 75.4 Å². The quantitative estimate of drug-likeness (QED) is 0.205. The lowest BCUT2D eigenvalue weighted by Gasteiger charge is -2.36. The first-order chi connectivity index (χ1) is 17.9. The van der Waals surface area contributed by atoms with E-state index in [-0.39, 0.29) is 30.5 Å². The minimum atomic E-state index is -0.839. The fourth-order valence-corrected chi connectivity index (χ4v) is 5.53. The standard InChI is InChI=1S/C32H34O5/c1-4-34-28(33)21-23-20-24(30-29(23)36-31(2,3)37-30)22-35-32(25-14-8-5-9-15-25,26-16-10-6-11-17-26)27-18-12-7-13-19-27/h5-20,23,29-30H,4,21-22H2,1-3H3/t23-,29-,30+/m0/s1. The van der Waals surface area contributed by atoms with Gasteiger partial charge in [-0.05, 0) is 43.0 Å². The summed E-state index contributed by atoms with van der Waals surface area (Å²) < 4.78 is 24.8. The second kappa shape index (κ2) is 10.6. The Morgan fingerprint density at radius 2 is 1.35 bits per heavy atom. The van der Waals surface area contributed by atoms with Gasteiger partial charge in [-0.15, -0.1) is 0 Å². The third-order valence-electron chi connectivity index (χ3n) is 7.05. The Bertz CT molecular complexity index is 1120. The molecule has 2 aliphatic rings. The van der Waals surface area contributed by atoms with Gasteiger partial charge >= 0.3 is 5.97 Å². The highest BCUT2D eigenvalue weighted by Gasteiger charge is 2.51. The second-order valence-electron chi connectivity index (χ2n) is 10.0. The van der Waals surface area contributed by atoms with E-state index in [4.69, 9.17) is 18.9 Å². The fraction of sp³-hybridized carbons (Fsp3) is 0.344. The molecule has 0 amide bonds. The van der Waals surface area contributed by atoms with Crippen molar-refractivity contribution in [2.45, 2.75) is 50.8 Å². The van der Waals surface area contributed by atoms with Gasteiger partial charge in [0.05, 0.1) is 25.7 Å². The zero-order valence-electron chi connectivity index (χ0n) is 21.6. The van der Waals surface area contributed by atoms with Crippen molar-refractivity contribution in [3.8, 4) is 0 Å². The van der Waals surface area contributed by atoms with Gasteiger partial charge in [0.2, 0.25) is 0 Å². The molecule has 1 fully saturated rings. The van der Waals surface area contributed by atoms with E-state index in [0.29, 0.717) is 13.2 Å². The van der Waals surface area contributed by atoms with Crippen LogP contribution in [0.25, 0.3) is 0 Å². The monoisotopic (exact) mass is 498 g/mol. The molecule has 0 saturated carbocycles. The Kier molecular flexibility index (Phi) is 7.29. The second-order valence-corrected chi connectivity index (χ2v) is 10.0. The highest BCUT2D eigenvalue weighted by Crippen LogP contribution is 2.45. The van der Waals surface area contributed by atoms with Crippen molar-refractivity contribution in [1.29, 1.82) is 0 Å². The van der Waals surface area contributed by atoms with Crippen LogP contribution in [0, 0.1) is 5.92 Å². The number of benzene rings is 3. The molecule has 3 aromatic rings. The molecule has 1 aliphatic heterocycles. The third-order valence-corrected chi connectivity index (χ3v) is 7.05. The van der Waals surface area contributed by atoms with Crippen molar-refractivity contribution < 1.29 is 23.7 Å². The van der Waals surface area contributed by atoms with Crippen molar-refractivity contribution in [2.75, 3.05) is 13.2 Å². The molecule has 0 radical (unpaired) electrons. The summed E-state index contributed by atoms with van der Waals surface area (Å²) in [4.78, 5) is 12.3. The molecule has 1 aliphatic carbocycles. The molecule has 3 atom stereocenters. The van der Waals surface area contributed by atoms with Gasteiger partial charge in [-0.3, -0.25) is 4.79 Å². The van der Waals surface area contributed by atoms with Crippen LogP contribution in [0.3, 0.4) is 0 Å². The molecule has 5 nitrogen and oxygen atoms in total. The predicted octanol–water partition coefficient (Wildman–Crippen LogP) is 6.02. The molecule has 0 spiro atoms. The summed E-state index contributed by atoms with van der Waals surface area (Å²) in [6, 6.07) is 30.9. The molecule has 1 saturated heterocycles. The smallest absolute Gasteiger partial charge is 0.306 e. The fourth-order valence-electron chi connectivity index (χ4n) is 5.53. The summed E-state index contributed by atoms with van der Waals surface area (Å²) in [7, 11) is 0. The third kappa shape index (κ3) is 5.12. The van der Waals surface area contributed by atoms with Gasteiger partial charge in [-0.2, -0.15) is 0 Å². The Hall–Kier alpha value is -3.25. The van der Waals surface area contributed by atoms with Crippen molar-refractivity contribution in [3.63, 3.8) is 0 Å². The van der Waals surface area contributed by atoms with Crippen molar-refractivity contribution in [1.82, 2.24) is 0 Å². The molecule has 1 heterocycles. The maximum absolute atomic E-state index is 12.3. The van der Waals surface area contributed by atoms with Gasteiger partial charge in [0, 0.05) is 5.92 Å². The molecule has 3 aromatic carbocycles. The van der Waals surface area contributed by atoms with E-state index in [9.17, 15) is 4.79 Å². The van der Waals surface area contributed by atoms with E-state index in [1.54, 1.807) is 0 Å². The van der Waals surface area contributed by atoms with Crippen LogP contribution < -0.4 is 0 Å². The highest BCUT2D eigenvalue weighted by molar-refractivity contribution is 5.70. The molecule has 37 heavy (non-hydrogen) atoms. The predicted molar refractivity (Wildman–Crippen MR) is 142 cm³/mol. The summed E-state index contributed by atoms with van der Waals surface area (Å²) in [5, 5.41) is 0. The summed E-state index contributed by atoms with van der Waals surface area (Å²) in [5.41, 5.74) is 3.25. The van der Waals surface area contributed by atoms with Crippen molar-refractivity contribution in [2.24, 2.45) is 5.92 Å². The Morgan fingerprint density at radius 1 is 0.838 bits per heavy atom. The van der Waals surface area contributed by atoms with Crippen LogP contribution >= 0.6 is 0 Å². The van der Waals surface area contributed by atoms with E-state index in [1.165, 1.54) is 0 Å². The normalized spacial score (nSPS) is 22.4. The maximum atomic E-state index is 12.3. The van der Waals surface area contributed by atoms with Gasteiger partial charge in [-0.25, -0.2) is 0 Å². The van der Waals surface area contributed by atoms with Crippen LogP contribution in [0.15, 0.2) is 103 Å². The first-order valence-corrected chi connectivity index (χ1v) is 13.0. The Morgan fingerprint density at radius 3 is 1.84 bits per heavy atom. The topological polar surface area (TPSA) is 54.0 Å². The first-order valence-electron chi connectivity index (χ1n) is 13.0. The minimum absolute atomic E-state index is 0.135. The van der Waals surface area contributed by atoms with Crippen LogP contribution in [-0.2, 0) is 29.3 Å². The lowest BCUT2D eigenvalue weighted by Crippen LogP contribution is -2.35. The number of carbonyl (C=O) groups is 1. The molecule has 5 heteroatoms. The highest BCUT2D eigenvalue weighted by atomic mass is 16.8. The number of hydrogen-bond acceptors (Lipinski definition) is 5. The maximum Gasteiger partial charge on any atom is 0.306 e. The van der Waals surface area contributed by atoms with Crippen LogP contribution in [-0.4, -0.2) is 37.2 Å². The van der Waals surface area contributed by atoms with Crippen LogP contribution in [0.1, 0.15) is 43.9 Å². The van der Waals surface area contributed by atoms with Gasteiger partial charge < -0.3 is 18.9 Å². The van der Waals surface area contributed by atoms with E-state index in [2.05, 4.69) is 42.5 Å². The van der Waals surface area contributed by atoms with Gasteiger partial charge in [0.15, 0.2) is 5.79 Å². The van der Waals surface area contributed by atoms with Crippen LogP contribution in [0.5, 0.6) is 0 Å². The number of rotatable bonds is 9. The lowest BCUT2D eigenvalue weighted by molar-refractivity contribution is -0.154. The molecule has 0 bridgehead atoms. The summed E-state index contributed by atoms with van der Waals surface area (Å²) >= 11 is 0. The van der Waals surface area contributed by atoms with E-state index >= 15 is 0 Å². The molecular formula is C32H34O5. The molecular weight excluding hydrogens is 464 g/mol. The zero-order chi connectivity index (χ0) is 25.9. The SMILES string of the molecule is CCOC(=O)C[C@@H]1C=C(COC(c2ccccc2)(c2ccccc2)c2ccccc2)[C@H]2OC(C)(C)O[C@H]21. The van der Waals surface area contributed by atoms with Crippen molar-refractivity contribution in [3.05, 3.63) is 119 Å². The molecule has 192 valence electrons. The molecule has 0 N–H and O–H groups in total. The average molecular weight is 499 g/mol. The Balaban J connectivity index is 1.53. The minimum Gasteiger partial charge on any atom is -0.466 e. The lowest BCUT2D eigenvalue weighted by atomic mass is 9.80. The van der Waals surface area contributed by atoms with Gasteiger partial charge in [-0.1, -0.05) is 97.1 Å². The Labute approximate surface area is 219 Å². The number of esters is 1. The summed E-state index contributed by atoms with van der Waals surface area (Å²) in [5.74, 6) is -1.11. The number of fused-ring (bicyclic) bond motifs is 1. The zero-order valence-corrected chi connectivity index (χ0v) is 21.6. The van der Waals surface area contributed by atoms with Gasteiger partial charge in [0.25, 0.3) is 0 Å². The summed E-state index contributed by atoms with van der Waals surface area (Å²) in [6.07, 6.45) is 1.80. The van der Waals surface area contributed by atoms with E-state index < -0.39 is 11.4 Å².